The van der Waals surface area contributed by atoms with Crippen LogP contribution in [0.15, 0.2) is 60.7 Å². The zero-order valence-corrected chi connectivity index (χ0v) is 14.4. The Morgan fingerprint density at radius 3 is 1.52 bits per heavy atom. The van der Waals surface area contributed by atoms with Gasteiger partial charge in [0.2, 0.25) is 12.2 Å². The number of nitrogens with two attached hydrogens (primary N) is 1. The number of primary amides is 1. The van der Waals surface area contributed by atoms with Gasteiger partial charge in [-0.3, -0.25) is 4.79 Å². The maximum absolute atomic E-state index is 12.2. The topological polar surface area (TPSA) is 122 Å². The van der Waals surface area contributed by atoms with E-state index < -0.39 is 36.0 Å². The molecule has 140 valence electrons. The van der Waals surface area contributed by atoms with Crippen molar-refractivity contribution < 1.29 is 33.4 Å². The van der Waals surface area contributed by atoms with Gasteiger partial charge in [-0.05, 0) is 24.3 Å². The first-order chi connectivity index (χ1) is 12.9. The van der Waals surface area contributed by atoms with Crippen molar-refractivity contribution in [2.45, 2.75) is 12.2 Å². The van der Waals surface area contributed by atoms with Crippen molar-refractivity contribution in [1.82, 2.24) is 0 Å². The van der Waals surface area contributed by atoms with Crippen LogP contribution in [0.2, 0.25) is 0 Å². The number of benzene rings is 2. The summed E-state index contributed by atoms with van der Waals surface area (Å²) in [4.78, 5) is 48.3. The molecule has 2 atom stereocenters. The normalized spacial score (nSPS) is 12.3. The third-order valence-corrected chi connectivity index (χ3v) is 3.48. The smallest absolute Gasteiger partial charge is 0.351 e. The molecule has 0 radical (unpaired) electrons. The maximum Gasteiger partial charge on any atom is 0.351 e. The van der Waals surface area contributed by atoms with Gasteiger partial charge in [-0.1, -0.05) is 36.4 Å². The molecule has 8 heteroatoms. The molecule has 0 fully saturated rings. The Balaban J connectivity index is 2.25. The van der Waals surface area contributed by atoms with Crippen molar-refractivity contribution in [3.63, 3.8) is 0 Å². The van der Waals surface area contributed by atoms with Crippen molar-refractivity contribution in [2.75, 3.05) is 7.11 Å². The van der Waals surface area contributed by atoms with Gasteiger partial charge in [-0.15, -0.1) is 0 Å². The summed E-state index contributed by atoms with van der Waals surface area (Å²) in [5, 5.41) is 0. The van der Waals surface area contributed by atoms with Gasteiger partial charge < -0.3 is 19.9 Å². The Morgan fingerprint density at radius 1 is 0.741 bits per heavy atom. The summed E-state index contributed by atoms with van der Waals surface area (Å²) in [6, 6.07) is 15.5. The highest BCUT2D eigenvalue weighted by atomic mass is 16.6. The first-order valence-corrected chi connectivity index (χ1v) is 7.83. The molecule has 2 rings (SSSR count). The summed E-state index contributed by atoms with van der Waals surface area (Å²) in [5.74, 6) is -4.09. The van der Waals surface area contributed by atoms with Crippen molar-refractivity contribution in [1.29, 1.82) is 0 Å². The van der Waals surface area contributed by atoms with E-state index in [1.165, 1.54) is 24.3 Å². The fourth-order valence-electron chi connectivity index (χ4n) is 2.13. The van der Waals surface area contributed by atoms with Crippen molar-refractivity contribution in [3.8, 4) is 0 Å². The second-order valence-electron chi connectivity index (χ2n) is 5.31. The van der Waals surface area contributed by atoms with Gasteiger partial charge in [0.1, 0.15) is 0 Å². The number of methoxy groups -OCH3 is 1. The standard InChI is InChI=1S/C19H17NO7/c1-25-19(24)15(27-18(23)13-10-6-3-7-11-13)14(16(20)21)26-17(22)12-8-4-2-5-9-12/h2-11,14-15H,1H3,(H2,20,21)/t14-,15-/m1/s1. The quantitative estimate of drug-likeness (QED) is 0.571. The van der Waals surface area contributed by atoms with Crippen LogP contribution >= 0.6 is 0 Å². The molecule has 0 aliphatic rings. The molecular weight excluding hydrogens is 354 g/mol. The Bertz CT molecular complexity index is 820. The Labute approximate surface area is 154 Å². The van der Waals surface area contributed by atoms with E-state index >= 15 is 0 Å². The molecule has 0 bridgehead atoms. The summed E-state index contributed by atoms with van der Waals surface area (Å²) in [6.07, 6.45) is -3.72. The molecule has 0 aliphatic carbocycles. The number of carbonyl (C=O) groups excluding carboxylic acids is 4. The van der Waals surface area contributed by atoms with E-state index in [0.717, 1.165) is 7.11 Å². The Hall–Kier alpha value is -3.68. The Morgan fingerprint density at radius 2 is 1.15 bits per heavy atom. The summed E-state index contributed by atoms with van der Waals surface area (Å²) >= 11 is 0. The SMILES string of the molecule is COC(=O)[C@H](OC(=O)c1ccccc1)[C@@H](OC(=O)c1ccccc1)C(N)=O. The van der Waals surface area contributed by atoms with Crippen LogP contribution in [0.4, 0.5) is 0 Å². The van der Waals surface area contributed by atoms with Gasteiger partial charge in [0, 0.05) is 0 Å². The second-order valence-corrected chi connectivity index (χ2v) is 5.31. The molecule has 27 heavy (non-hydrogen) atoms. The lowest BCUT2D eigenvalue weighted by Crippen LogP contribution is -2.49. The number of esters is 3. The van der Waals surface area contributed by atoms with E-state index in [1.54, 1.807) is 36.4 Å². The van der Waals surface area contributed by atoms with Crippen molar-refractivity contribution >= 4 is 23.8 Å². The summed E-state index contributed by atoms with van der Waals surface area (Å²) < 4.78 is 14.6. The van der Waals surface area contributed by atoms with Crippen LogP contribution in [0.5, 0.6) is 0 Å². The van der Waals surface area contributed by atoms with Gasteiger partial charge in [0.05, 0.1) is 18.2 Å². The molecule has 0 aliphatic heterocycles. The van der Waals surface area contributed by atoms with E-state index in [-0.39, 0.29) is 11.1 Å². The molecule has 8 nitrogen and oxygen atoms in total. The lowest BCUT2D eigenvalue weighted by molar-refractivity contribution is -0.161. The van der Waals surface area contributed by atoms with Gasteiger partial charge in [-0.25, -0.2) is 14.4 Å². The van der Waals surface area contributed by atoms with E-state index in [2.05, 4.69) is 4.74 Å². The van der Waals surface area contributed by atoms with Crippen LogP contribution in [0, 0.1) is 0 Å². The summed E-state index contributed by atoms with van der Waals surface area (Å²) in [5.41, 5.74) is 5.51. The molecule has 0 saturated heterocycles. The first-order valence-electron chi connectivity index (χ1n) is 7.83. The van der Waals surface area contributed by atoms with Crippen LogP contribution in [-0.4, -0.2) is 43.1 Å². The highest BCUT2D eigenvalue weighted by molar-refractivity contribution is 5.96. The minimum absolute atomic E-state index is 0.127. The van der Waals surface area contributed by atoms with Crippen molar-refractivity contribution in [3.05, 3.63) is 71.8 Å². The number of carbonyl (C=O) groups is 4. The number of rotatable bonds is 7. The lowest BCUT2D eigenvalue weighted by atomic mass is 10.1. The van der Waals surface area contributed by atoms with E-state index in [9.17, 15) is 19.2 Å². The molecular formula is C19H17NO7. The molecule has 0 spiro atoms. The largest absolute Gasteiger partial charge is 0.466 e. The first kappa shape index (κ1) is 19.6. The number of hydrogen-bond acceptors (Lipinski definition) is 7. The summed E-state index contributed by atoms with van der Waals surface area (Å²) in [6.45, 7) is 0. The van der Waals surface area contributed by atoms with Gasteiger partial charge >= 0.3 is 17.9 Å². The molecule has 0 unspecified atom stereocenters. The van der Waals surface area contributed by atoms with Crippen LogP contribution in [0.25, 0.3) is 0 Å². The predicted octanol–water partition coefficient (Wildman–Crippen LogP) is 1.10. The van der Waals surface area contributed by atoms with Crippen LogP contribution in [0.3, 0.4) is 0 Å². The Kier molecular flexibility index (Phi) is 6.65. The van der Waals surface area contributed by atoms with Crippen LogP contribution in [0.1, 0.15) is 20.7 Å². The van der Waals surface area contributed by atoms with E-state index in [4.69, 9.17) is 15.2 Å². The number of hydrogen-bond donors (Lipinski definition) is 1. The molecule has 2 N–H and O–H groups in total. The van der Waals surface area contributed by atoms with Crippen LogP contribution < -0.4 is 5.73 Å². The third-order valence-electron chi connectivity index (χ3n) is 3.48. The molecule has 0 saturated carbocycles. The number of amides is 1. The average Bonchev–Trinajstić information content (AvgIpc) is 2.70. The predicted molar refractivity (Wildman–Crippen MR) is 92.5 cm³/mol. The maximum atomic E-state index is 12.2. The zero-order valence-electron chi connectivity index (χ0n) is 14.4. The highest BCUT2D eigenvalue weighted by Gasteiger charge is 2.40. The molecule has 2 aromatic rings. The third kappa shape index (κ3) is 5.15. The monoisotopic (exact) mass is 371 g/mol. The van der Waals surface area contributed by atoms with Gasteiger partial charge in [-0.2, -0.15) is 0 Å². The summed E-state index contributed by atoms with van der Waals surface area (Å²) in [7, 11) is 1.03. The molecule has 0 heterocycles. The fraction of sp³-hybridized carbons (Fsp3) is 0.158. The highest BCUT2D eigenvalue weighted by Crippen LogP contribution is 2.13. The van der Waals surface area contributed by atoms with Crippen molar-refractivity contribution in [2.24, 2.45) is 5.73 Å². The van der Waals surface area contributed by atoms with Crippen LogP contribution in [-0.2, 0) is 23.8 Å². The molecule has 1 amide bonds. The van der Waals surface area contributed by atoms with E-state index in [0.29, 0.717) is 0 Å². The van der Waals surface area contributed by atoms with Gasteiger partial charge in [0.25, 0.3) is 5.91 Å². The number of ether oxygens (including phenoxy) is 3. The van der Waals surface area contributed by atoms with Gasteiger partial charge in [0.15, 0.2) is 0 Å². The van der Waals surface area contributed by atoms with E-state index in [1.807, 2.05) is 0 Å². The minimum atomic E-state index is -1.86. The minimum Gasteiger partial charge on any atom is -0.466 e. The lowest BCUT2D eigenvalue weighted by Gasteiger charge is -2.22. The molecule has 0 aromatic heterocycles. The zero-order chi connectivity index (χ0) is 19.8. The molecule has 2 aromatic carbocycles. The average molecular weight is 371 g/mol. The fourth-order valence-corrected chi connectivity index (χ4v) is 2.13. The second kappa shape index (κ2) is 9.14.